The van der Waals surface area contributed by atoms with Crippen LogP contribution in [-0.4, -0.2) is 34.9 Å². The lowest BCUT2D eigenvalue weighted by molar-refractivity contribution is 0.0751. The molecule has 5 nitrogen and oxygen atoms in total. The van der Waals surface area contributed by atoms with Gasteiger partial charge < -0.3 is 14.6 Å². The minimum Gasteiger partial charge on any atom is -0.493 e. The molecule has 1 N–H and O–H groups in total. The lowest BCUT2D eigenvalue weighted by Gasteiger charge is -2.38. The summed E-state index contributed by atoms with van der Waals surface area (Å²) in [7, 11) is 0. The molecule has 6 heteroatoms. The van der Waals surface area contributed by atoms with Gasteiger partial charge in [0.1, 0.15) is 16.0 Å². The highest BCUT2D eigenvalue weighted by molar-refractivity contribution is 9.10. The molecule has 0 saturated carbocycles. The highest BCUT2D eigenvalue weighted by atomic mass is 79.9. The maximum Gasteiger partial charge on any atom is 0.408 e. The van der Waals surface area contributed by atoms with E-state index in [0.29, 0.717) is 24.7 Å². The summed E-state index contributed by atoms with van der Waals surface area (Å²) in [5.41, 5.74) is 0.313. The van der Waals surface area contributed by atoms with E-state index < -0.39 is 11.6 Å². The molecule has 0 saturated heterocycles. The molecule has 0 aliphatic heterocycles. The van der Waals surface area contributed by atoms with E-state index in [1.807, 2.05) is 53.7 Å². The Balaban J connectivity index is 3.36. The van der Waals surface area contributed by atoms with E-state index in [1.165, 1.54) is 4.90 Å². The molecule has 1 aromatic carbocycles. The quantitative estimate of drug-likeness (QED) is 0.738. The van der Waals surface area contributed by atoms with Crippen LogP contribution in [0.2, 0.25) is 0 Å². The van der Waals surface area contributed by atoms with Gasteiger partial charge in [-0.15, -0.1) is 0 Å². The highest BCUT2D eigenvalue weighted by Crippen LogP contribution is 2.40. The third-order valence-corrected chi connectivity index (χ3v) is 4.21. The lowest BCUT2D eigenvalue weighted by Crippen LogP contribution is -2.46. The van der Waals surface area contributed by atoms with Crippen molar-refractivity contribution in [3.05, 3.63) is 22.2 Å². The molecule has 1 atom stereocenters. The molecule has 23 heavy (non-hydrogen) atoms. The first-order valence-corrected chi connectivity index (χ1v) is 8.54. The largest absolute Gasteiger partial charge is 0.493 e. The van der Waals surface area contributed by atoms with Crippen molar-refractivity contribution in [2.75, 3.05) is 13.2 Å². The molecule has 1 aromatic rings. The van der Waals surface area contributed by atoms with Crippen molar-refractivity contribution in [1.82, 2.24) is 4.90 Å². The fourth-order valence-electron chi connectivity index (χ4n) is 2.54. The summed E-state index contributed by atoms with van der Waals surface area (Å²) in [6.45, 7) is 12.3. The monoisotopic (exact) mass is 387 g/mol. The van der Waals surface area contributed by atoms with E-state index in [0.717, 1.165) is 10.0 Å². The average molecular weight is 388 g/mol. The van der Waals surface area contributed by atoms with Crippen LogP contribution in [0, 0.1) is 0 Å². The van der Waals surface area contributed by atoms with Crippen molar-refractivity contribution in [1.29, 1.82) is 0 Å². The van der Waals surface area contributed by atoms with Crippen LogP contribution in [0.3, 0.4) is 0 Å². The van der Waals surface area contributed by atoms with Gasteiger partial charge in [0.25, 0.3) is 0 Å². The topological polar surface area (TPSA) is 59.0 Å². The van der Waals surface area contributed by atoms with E-state index in [9.17, 15) is 9.90 Å². The van der Waals surface area contributed by atoms with Crippen LogP contribution in [0.1, 0.15) is 53.1 Å². The number of hydrogen-bond acceptors (Lipinski definition) is 3. The molecule has 0 aliphatic carbocycles. The second-order valence-electron chi connectivity index (χ2n) is 6.20. The molecule has 0 fully saturated rings. The van der Waals surface area contributed by atoms with Gasteiger partial charge in [-0.3, -0.25) is 4.90 Å². The first-order valence-electron chi connectivity index (χ1n) is 7.74. The van der Waals surface area contributed by atoms with Gasteiger partial charge in [-0.1, -0.05) is 0 Å². The number of hydrogen-bond donors (Lipinski definition) is 1. The Kier molecular flexibility index (Phi) is 6.74. The molecule has 0 heterocycles. The summed E-state index contributed by atoms with van der Waals surface area (Å²) >= 11 is 3.49. The van der Waals surface area contributed by atoms with Crippen molar-refractivity contribution in [3.63, 3.8) is 0 Å². The van der Waals surface area contributed by atoms with Crippen molar-refractivity contribution in [2.24, 2.45) is 0 Å². The lowest BCUT2D eigenvalue weighted by atomic mass is 9.99. The number of halogens is 1. The maximum absolute atomic E-state index is 11.7. The first kappa shape index (κ1) is 19.6. The molecule has 0 bridgehead atoms. The molecular formula is C17H26BrNO4. The minimum absolute atomic E-state index is 0.334. The molecule has 0 radical (unpaired) electrons. The van der Waals surface area contributed by atoms with Gasteiger partial charge >= 0.3 is 6.09 Å². The van der Waals surface area contributed by atoms with E-state index in [2.05, 4.69) is 15.9 Å². The van der Waals surface area contributed by atoms with Crippen molar-refractivity contribution in [2.45, 2.75) is 53.1 Å². The van der Waals surface area contributed by atoms with Crippen molar-refractivity contribution >= 4 is 22.0 Å². The van der Waals surface area contributed by atoms with Crippen LogP contribution in [-0.2, 0) is 0 Å². The number of amides is 1. The number of nitrogens with zero attached hydrogens (tertiary/aromatic N) is 1. The Labute approximate surface area is 146 Å². The molecular weight excluding hydrogens is 362 g/mol. The highest BCUT2D eigenvalue weighted by Gasteiger charge is 2.32. The van der Waals surface area contributed by atoms with Crippen LogP contribution >= 0.6 is 15.9 Å². The van der Waals surface area contributed by atoms with E-state index in [-0.39, 0.29) is 6.04 Å². The third kappa shape index (κ3) is 4.77. The summed E-state index contributed by atoms with van der Waals surface area (Å²) in [5, 5.41) is 9.59. The van der Waals surface area contributed by atoms with Gasteiger partial charge in [0.15, 0.2) is 0 Å². The zero-order valence-corrected chi connectivity index (χ0v) is 16.2. The Morgan fingerprint density at radius 3 is 1.96 bits per heavy atom. The van der Waals surface area contributed by atoms with E-state index >= 15 is 0 Å². The summed E-state index contributed by atoms with van der Waals surface area (Å²) in [5.74, 6) is 1.30. The summed E-state index contributed by atoms with van der Waals surface area (Å²) in [4.78, 5) is 13.1. The van der Waals surface area contributed by atoms with E-state index in [4.69, 9.17) is 9.47 Å². The Hall–Kier alpha value is -1.43. The average Bonchev–Trinajstić information content (AvgIpc) is 2.41. The molecule has 130 valence electrons. The minimum atomic E-state index is -0.955. The van der Waals surface area contributed by atoms with Crippen LogP contribution < -0.4 is 9.47 Å². The zero-order valence-electron chi connectivity index (χ0n) is 14.6. The summed E-state index contributed by atoms with van der Waals surface area (Å²) in [6.07, 6.45) is -0.955. The first-order chi connectivity index (χ1) is 10.6. The van der Waals surface area contributed by atoms with Gasteiger partial charge in [0.05, 0.1) is 19.3 Å². The fraction of sp³-hybridized carbons (Fsp3) is 0.588. The Bertz CT molecular complexity index is 527. The smallest absolute Gasteiger partial charge is 0.408 e. The second kappa shape index (κ2) is 7.90. The predicted octanol–water partition coefficient (Wildman–Crippen LogP) is 5.09. The Morgan fingerprint density at radius 2 is 1.65 bits per heavy atom. The molecule has 0 aliphatic rings. The van der Waals surface area contributed by atoms with Gasteiger partial charge in [-0.25, -0.2) is 4.79 Å². The van der Waals surface area contributed by atoms with Gasteiger partial charge in [-0.05, 0) is 75.2 Å². The van der Waals surface area contributed by atoms with E-state index in [1.54, 1.807) is 0 Å². The molecule has 0 spiro atoms. The molecule has 0 aromatic heterocycles. The third-order valence-electron chi connectivity index (χ3n) is 3.43. The van der Waals surface area contributed by atoms with Gasteiger partial charge in [0, 0.05) is 5.54 Å². The predicted molar refractivity (Wildman–Crippen MR) is 94.5 cm³/mol. The second-order valence-corrected chi connectivity index (χ2v) is 6.99. The SMILES string of the molecule is CCOc1cc(C(C)N(C(=O)O)C(C)(C)C)cc(OCC)c1Br. The number of ether oxygens (including phenoxy) is 2. The number of rotatable bonds is 6. The van der Waals surface area contributed by atoms with Crippen LogP contribution in [0.4, 0.5) is 4.79 Å². The number of carboxylic acid groups (broad SMARTS) is 1. The van der Waals surface area contributed by atoms with Crippen LogP contribution in [0.5, 0.6) is 11.5 Å². The molecule has 1 amide bonds. The summed E-state index contributed by atoms with van der Waals surface area (Å²) in [6, 6.07) is 3.39. The van der Waals surface area contributed by atoms with Gasteiger partial charge in [0.2, 0.25) is 0 Å². The number of benzene rings is 1. The summed E-state index contributed by atoms with van der Waals surface area (Å²) < 4.78 is 12.0. The maximum atomic E-state index is 11.7. The van der Waals surface area contributed by atoms with Crippen LogP contribution in [0.15, 0.2) is 16.6 Å². The fourth-order valence-corrected chi connectivity index (χ4v) is 3.00. The van der Waals surface area contributed by atoms with Gasteiger partial charge in [-0.2, -0.15) is 0 Å². The Morgan fingerprint density at radius 1 is 1.22 bits per heavy atom. The van der Waals surface area contributed by atoms with Crippen molar-refractivity contribution in [3.8, 4) is 11.5 Å². The standard InChI is InChI=1S/C17H26BrNO4/c1-7-22-13-9-12(10-14(15(13)18)23-8-2)11(3)19(16(20)21)17(4,5)6/h9-11H,7-8H2,1-6H3,(H,20,21). The molecule has 1 unspecified atom stereocenters. The number of carbonyl (C=O) groups is 1. The normalized spacial score (nSPS) is 12.7. The zero-order chi connectivity index (χ0) is 17.8. The van der Waals surface area contributed by atoms with Crippen LogP contribution in [0.25, 0.3) is 0 Å². The molecule has 1 rings (SSSR count). The van der Waals surface area contributed by atoms with Crippen molar-refractivity contribution < 1.29 is 19.4 Å².